The Balaban J connectivity index is 1.14. The van der Waals surface area contributed by atoms with E-state index in [0.29, 0.717) is 145 Å². The van der Waals surface area contributed by atoms with Gasteiger partial charge in [-0.05, 0) is 11.1 Å². The Labute approximate surface area is 337 Å². The lowest BCUT2D eigenvalue weighted by atomic mass is 10.2. The van der Waals surface area contributed by atoms with Crippen molar-refractivity contribution in [1.82, 2.24) is 16.0 Å². The normalized spacial score (nSPS) is 11.1. The lowest BCUT2D eigenvalue weighted by Gasteiger charge is -2.09. The van der Waals surface area contributed by atoms with Crippen LogP contribution >= 0.6 is 0 Å². The number of nitrogens with one attached hydrogen (secondary N) is 3. The standard InChI is InChI=1S/C40H65N3O14/c44-39(56-35-37-7-3-1-4-8-37)42-13-17-48-21-25-52-29-33-54-31-27-50-23-19-46-15-11-41-12-16-47-20-24-51-28-32-55-34-30-53-26-22-49-18-14-43-40(45)57-36-38-9-5-2-6-10-38/h1-10,41H,11-36H2,(H,42,44)(H,43,45). The molecule has 17 nitrogen and oxygen atoms in total. The van der Waals surface area contributed by atoms with Crippen LogP contribution in [-0.4, -0.2) is 171 Å². The van der Waals surface area contributed by atoms with Gasteiger partial charge in [0.25, 0.3) is 0 Å². The highest BCUT2D eigenvalue weighted by atomic mass is 16.6. The third kappa shape index (κ3) is 34.3. The maximum absolute atomic E-state index is 11.7. The van der Waals surface area contributed by atoms with Crippen LogP contribution in [0.1, 0.15) is 11.1 Å². The zero-order valence-electron chi connectivity index (χ0n) is 33.4. The summed E-state index contributed by atoms with van der Waals surface area (Å²) in [5.74, 6) is 0. The molecule has 3 N–H and O–H groups in total. The minimum Gasteiger partial charge on any atom is -0.445 e. The zero-order chi connectivity index (χ0) is 40.4. The number of alkyl carbamates (subject to hydrolysis) is 2. The summed E-state index contributed by atoms with van der Waals surface area (Å²) in [7, 11) is 0. The number of hydrogen-bond donors (Lipinski definition) is 3. The van der Waals surface area contributed by atoms with Crippen molar-refractivity contribution in [3.8, 4) is 0 Å². The van der Waals surface area contributed by atoms with Gasteiger partial charge in [-0.1, -0.05) is 60.7 Å². The molecule has 0 spiro atoms. The number of rotatable bonds is 40. The molecule has 2 amide bonds. The monoisotopic (exact) mass is 811 g/mol. The Kier molecular flexibility index (Phi) is 34.3. The molecule has 0 saturated carbocycles. The van der Waals surface area contributed by atoms with Crippen LogP contribution in [0.25, 0.3) is 0 Å². The fraction of sp³-hybridized carbons (Fsp3) is 0.650. The Hall–Kier alpha value is -3.46. The van der Waals surface area contributed by atoms with Crippen molar-refractivity contribution in [2.45, 2.75) is 13.2 Å². The summed E-state index contributed by atoms with van der Waals surface area (Å²) < 4.78 is 65.1. The third-order valence-electron chi connectivity index (χ3n) is 7.28. The first-order chi connectivity index (χ1) is 28.2. The smallest absolute Gasteiger partial charge is 0.407 e. The van der Waals surface area contributed by atoms with Crippen molar-refractivity contribution >= 4 is 12.2 Å². The molecular formula is C40H65N3O14. The van der Waals surface area contributed by atoms with Crippen LogP contribution in [0.5, 0.6) is 0 Å². The second-order valence-corrected chi connectivity index (χ2v) is 11.9. The molecule has 2 aromatic carbocycles. The Morgan fingerprint density at radius 2 is 0.579 bits per heavy atom. The second-order valence-electron chi connectivity index (χ2n) is 11.9. The van der Waals surface area contributed by atoms with Gasteiger partial charge in [-0.15, -0.1) is 0 Å². The number of benzene rings is 2. The SMILES string of the molecule is O=C(NCCOCCOCCOCCOCCOCCNCCOCCOCCOCCOCCOCCNC(=O)OCc1ccccc1)OCc1ccccc1. The van der Waals surface area contributed by atoms with E-state index in [9.17, 15) is 9.59 Å². The van der Waals surface area contributed by atoms with Gasteiger partial charge in [0.05, 0.1) is 132 Å². The van der Waals surface area contributed by atoms with E-state index in [1.54, 1.807) is 0 Å². The minimum absolute atomic E-state index is 0.235. The topological polar surface area (TPSA) is 181 Å². The van der Waals surface area contributed by atoms with E-state index in [-0.39, 0.29) is 13.2 Å². The molecule has 0 radical (unpaired) electrons. The number of carbonyl (C=O) groups excluding carboxylic acids is 2. The number of amides is 2. The molecule has 0 bridgehead atoms. The number of carbonyl (C=O) groups is 2. The van der Waals surface area contributed by atoms with Crippen molar-refractivity contribution < 1.29 is 66.4 Å². The minimum atomic E-state index is -0.471. The molecule has 57 heavy (non-hydrogen) atoms. The van der Waals surface area contributed by atoms with E-state index >= 15 is 0 Å². The van der Waals surface area contributed by atoms with Crippen molar-refractivity contribution in [2.24, 2.45) is 0 Å². The summed E-state index contributed by atoms with van der Waals surface area (Å²) in [6, 6.07) is 19.0. The van der Waals surface area contributed by atoms with Crippen molar-refractivity contribution in [1.29, 1.82) is 0 Å². The van der Waals surface area contributed by atoms with Gasteiger partial charge in [0, 0.05) is 26.2 Å². The highest BCUT2D eigenvalue weighted by Gasteiger charge is 2.03. The van der Waals surface area contributed by atoms with Gasteiger partial charge >= 0.3 is 12.2 Å². The molecule has 0 aliphatic rings. The fourth-order valence-corrected chi connectivity index (χ4v) is 4.38. The molecule has 324 valence electrons. The molecule has 0 unspecified atom stereocenters. The average molecular weight is 812 g/mol. The summed E-state index contributed by atoms with van der Waals surface area (Å²) in [4.78, 5) is 23.3. The van der Waals surface area contributed by atoms with Gasteiger partial charge in [-0.25, -0.2) is 9.59 Å². The summed E-state index contributed by atoms with van der Waals surface area (Å²) in [5, 5.41) is 8.55. The quantitative estimate of drug-likeness (QED) is 0.0836. The summed E-state index contributed by atoms with van der Waals surface area (Å²) in [6.07, 6.45) is -0.943. The van der Waals surface area contributed by atoms with Crippen LogP contribution in [0.4, 0.5) is 9.59 Å². The molecule has 0 atom stereocenters. The van der Waals surface area contributed by atoms with E-state index < -0.39 is 12.2 Å². The highest BCUT2D eigenvalue weighted by Crippen LogP contribution is 2.01. The Morgan fingerprint density at radius 1 is 0.333 bits per heavy atom. The predicted octanol–water partition coefficient (Wildman–Crippen LogP) is 2.59. The van der Waals surface area contributed by atoms with Gasteiger partial charge in [0.2, 0.25) is 0 Å². The van der Waals surface area contributed by atoms with E-state index in [4.69, 9.17) is 56.8 Å². The Bertz CT molecular complexity index is 1080. The molecule has 0 aliphatic carbocycles. The molecule has 17 heteroatoms. The highest BCUT2D eigenvalue weighted by molar-refractivity contribution is 5.67. The average Bonchev–Trinajstić information content (AvgIpc) is 3.24. The maximum atomic E-state index is 11.7. The first-order valence-corrected chi connectivity index (χ1v) is 19.6. The van der Waals surface area contributed by atoms with E-state index in [0.717, 1.165) is 24.2 Å². The fourth-order valence-electron chi connectivity index (χ4n) is 4.38. The molecule has 0 fully saturated rings. The van der Waals surface area contributed by atoms with Gasteiger partial charge in [-0.2, -0.15) is 0 Å². The summed E-state index contributed by atoms with van der Waals surface area (Å²) in [6.45, 7) is 12.2. The van der Waals surface area contributed by atoms with Crippen LogP contribution in [0, 0.1) is 0 Å². The van der Waals surface area contributed by atoms with Crippen LogP contribution in [-0.2, 0) is 70.1 Å². The first kappa shape index (κ1) is 49.7. The zero-order valence-corrected chi connectivity index (χ0v) is 33.4. The molecule has 2 rings (SSSR count). The van der Waals surface area contributed by atoms with Crippen LogP contribution in [0.3, 0.4) is 0 Å². The van der Waals surface area contributed by atoms with E-state index in [2.05, 4.69) is 16.0 Å². The lowest BCUT2D eigenvalue weighted by Crippen LogP contribution is -2.28. The molecule has 0 heterocycles. The first-order valence-electron chi connectivity index (χ1n) is 19.6. The Morgan fingerprint density at radius 3 is 0.860 bits per heavy atom. The van der Waals surface area contributed by atoms with Gasteiger partial charge in [0.1, 0.15) is 13.2 Å². The van der Waals surface area contributed by atoms with Gasteiger partial charge < -0.3 is 72.8 Å². The third-order valence-corrected chi connectivity index (χ3v) is 7.28. The van der Waals surface area contributed by atoms with E-state index in [1.165, 1.54) is 0 Å². The van der Waals surface area contributed by atoms with E-state index in [1.807, 2.05) is 60.7 Å². The lowest BCUT2D eigenvalue weighted by molar-refractivity contribution is -0.0115. The largest absolute Gasteiger partial charge is 0.445 e. The van der Waals surface area contributed by atoms with Crippen molar-refractivity contribution in [2.75, 3.05) is 158 Å². The van der Waals surface area contributed by atoms with Gasteiger partial charge in [-0.3, -0.25) is 0 Å². The summed E-state index contributed by atoms with van der Waals surface area (Å²) >= 11 is 0. The van der Waals surface area contributed by atoms with Gasteiger partial charge in [0.15, 0.2) is 0 Å². The van der Waals surface area contributed by atoms with Crippen molar-refractivity contribution in [3.05, 3.63) is 71.8 Å². The molecule has 0 saturated heterocycles. The maximum Gasteiger partial charge on any atom is 0.407 e. The number of hydrogen-bond acceptors (Lipinski definition) is 15. The molecule has 2 aromatic rings. The van der Waals surface area contributed by atoms with Crippen LogP contribution in [0.15, 0.2) is 60.7 Å². The molecule has 0 aromatic heterocycles. The molecule has 0 aliphatic heterocycles. The van der Waals surface area contributed by atoms with Crippen LogP contribution in [0.2, 0.25) is 0 Å². The van der Waals surface area contributed by atoms with Crippen LogP contribution < -0.4 is 16.0 Å². The predicted molar refractivity (Wildman–Crippen MR) is 210 cm³/mol. The second kappa shape index (κ2) is 39.4. The number of ether oxygens (including phenoxy) is 12. The summed E-state index contributed by atoms with van der Waals surface area (Å²) in [5.41, 5.74) is 1.87. The van der Waals surface area contributed by atoms with Crippen molar-refractivity contribution in [3.63, 3.8) is 0 Å². The molecular weight excluding hydrogens is 746 g/mol.